The van der Waals surface area contributed by atoms with Gasteiger partial charge in [0, 0.05) is 23.7 Å². The molecule has 50 heavy (non-hydrogen) atoms. The summed E-state index contributed by atoms with van der Waals surface area (Å²) in [5.41, 5.74) is -6.13. The number of nitrogens with one attached hydrogen (secondary N) is 1. The van der Waals surface area contributed by atoms with Crippen molar-refractivity contribution in [1.82, 2.24) is 30.3 Å². The van der Waals surface area contributed by atoms with E-state index in [2.05, 4.69) is 25.6 Å². The van der Waals surface area contributed by atoms with Crippen molar-refractivity contribution in [3.8, 4) is 23.3 Å². The van der Waals surface area contributed by atoms with Crippen LogP contribution in [0.15, 0.2) is 41.1 Å². The Kier molecular flexibility index (Phi) is 8.87. The number of pyridine rings is 1. The predicted molar refractivity (Wildman–Crippen MR) is 158 cm³/mol. The highest BCUT2D eigenvalue weighted by molar-refractivity contribution is 6.00. The number of halogens is 7. The van der Waals surface area contributed by atoms with Crippen LogP contribution in [-0.4, -0.2) is 48.6 Å². The zero-order valence-corrected chi connectivity index (χ0v) is 26.9. The fraction of sp³-hybridized carbons (Fsp3) is 0.387. The molecule has 4 heterocycles. The molecule has 0 unspecified atom stereocenters. The third-order valence-electron chi connectivity index (χ3n) is 7.34. The van der Waals surface area contributed by atoms with Gasteiger partial charge in [-0.05, 0) is 58.9 Å². The Labute approximate surface area is 278 Å². The van der Waals surface area contributed by atoms with Crippen LogP contribution in [0, 0.1) is 23.1 Å². The van der Waals surface area contributed by atoms with E-state index in [0.717, 1.165) is 18.2 Å². The number of carbonyl (C=O) groups is 2. The molecule has 0 spiro atoms. The fourth-order valence-corrected chi connectivity index (χ4v) is 4.82. The van der Waals surface area contributed by atoms with Crippen molar-refractivity contribution in [3.05, 3.63) is 71.0 Å². The van der Waals surface area contributed by atoms with E-state index in [4.69, 9.17) is 9.15 Å². The first-order chi connectivity index (χ1) is 23.1. The average Bonchev–Trinajstić information content (AvgIpc) is 3.69. The van der Waals surface area contributed by atoms with Gasteiger partial charge in [0.1, 0.15) is 22.9 Å². The molecule has 264 valence electrons. The molecule has 1 aliphatic heterocycles. The molecule has 0 saturated carbocycles. The van der Waals surface area contributed by atoms with E-state index in [-0.39, 0.29) is 11.7 Å². The standard InChI is InChI=1S/C31H27F7N8O4/c1-28(2,3)50-27(48)41-20-10-30(34,35)18-9-19(32)17(24-43-44-26(49-24)29(4,5)14-39)8-21(18)45(25(20)47)12-15-6-7-22(42-23(15)33)46-13-16(11-40-46)31(36,37)38/h6-9,11,13,20H,10,12H2,1-5H3,(H,41,48)/t20-/m0/s1. The van der Waals surface area contributed by atoms with E-state index in [9.17, 15) is 28.0 Å². The summed E-state index contributed by atoms with van der Waals surface area (Å²) in [4.78, 5) is 30.9. The summed E-state index contributed by atoms with van der Waals surface area (Å²) in [6.07, 6.45) is -6.24. The van der Waals surface area contributed by atoms with Crippen molar-refractivity contribution in [3.63, 3.8) is 0 Å². The molecular formula is C31H27F7N8O4. The number of nitrogens with zero attached hydrogens (tertiary/aromatic N) is 7. The molecule has 0 fully saturated rings. The van der Waals surface area contributed by atoms with Crippen molar-refractivity contribution in [1.29, 1.82) is 5.26 Å². The molecule has 1 aromatic carbocycles. The molecule has 12 nitrogen and oxygen atoms in total. The number of nitriles is 1. The summed E-state index contributed by atoms with van der Waals surface area (Å²) in [6.45, 7) is 6.53. The minimum Gasteiger partial charge on any atom is -0.444 e. The highest BCUT2D eigenvalue weighted by Gasteiger charge is 2.47. The van der Waals surface area contributed by atoms with E-state index >= 15 is 17.6 Å². The lowest BCUT2D eigenvalue weighted by Crippen LogP contribution is -2.50. The van der Waals surface area contributed by atoms with E-state index < -0.39 is 99.7 Å². The van der Waals surface area contributed by atoms with Gasteiger partial charge in [-0.15, -0.1) is 10.2 Å². The Morgan fingerprint density at radius 2 is 1.84 bits per heavy atom. The molecule has 19 heteroatoms. The Hall–Kier alpha value is -5.54. The van der Waals surface area contributed by atoms with Crippen LogP contribution in [0.2, 0.25) is 0 Å². The average molecular weight is 709 g/mol. The number of alkyl carbamates (subject to hydrolysis) is 1. The number of hydrogen-bond acceptors (Lipinski definition) is 9. The zero-order valence-electron chi connectivity index (χ0n) is 26.9. The van der Waals surface area contributed by atoms with Gasteiger partial charge < -0.3 is 19.4 Å². The Bertz CT molecular complexity index is 2010. The highest BCUT2D eigenvalue weighted by atomic mass is 19.4. The van der Waals surface area contributed by atoms with E-state index in [1.807, 2.05) is 6.07 Å². The molecule has 0 aliphatic carbocycles. The number of aromatic nitrogens is 5. The zero-order chi connectivity index (χ0) is 37.0. The van der Waals surface area contributed by atoms with Crippen LogP contribution in [0.4, 0.5) is 41.2 Å². The summed E-state index contributed by atoms with van der Waals surface area (Å²) in [5, 5.41) is 22.5. The molecule has 4 aromatic rings. The molecule has 1 N–H and O–H groups in total. The van der Waals surface area contributed by atoms with E-state index in [0.29, 0.717) is 28.0 Å². The van der Waals surface area contributed by atoms with Crippen LogP contribution < -0.4 is 10.2 Å². The second-order valence-electron chi connectivity index (χ2n) is 12.8. The summed E-state index contributed by atoms with van der Waals surface area (Å²) >= 11 is 0. The van der Waals surface area contributed by atoms with Gasteiger partial charge in [-0.1, -0.05) is 0 Å². The summed E-state index contributed by atoms with van der Waals surface area (Å²) in [7, 11) is 0. The SMILES string of the molecule is CC(C)(C)OC(=O)N[C@H]1CC(F)(F)c2cc(F)c(-c3nnc(C(C)(C)C#N)o3)cc2N(Cc2ccc(-n3cc(C(F)(F)F)cn3)nc2F)C1=O. The first-order valence-corrected chi connectivity index (χ1v) is 14.7. The van der Waals surface area contributed by atoms with E-state index in [1.165, 1.54) is 34.6 Å². The largest absolute Gasteiger partial charge is 0.444 e. The lowest BCUT2D eigenvalue weighted by atomic mass is 9.96. The molecule has 0 bridgehead atoms. The quantitative estimate of drug-likeness (QED) is 0.179. The maximum absolute atomic E-state index is 15.9. The maximum Gasteiger partial charge on any atom is 0.419 e. The van der Waals surface area contributed by atoms with Crippen molar-refractivity contribution >= 4 is 17.7 Å². The van der Waals surface area contributed by atoms with Crippen LogP contribution >= 0.6 is 0 Å². The number of rotatable bonds is 6. The summed E-state index contributed by atoms with van der Waals surface area (Å²) in [5.74, 6) is -8.87. The van der Waals surface area contributed by atoms with Crippen molar-refractivity contribution < 1.29 is 49.5 Å². The molecule has 1 atom stereocenters. The Morgan fingerprint density at radius 1 is 1.14 bits per heavy atom. The van der Waals surface area contributed by atoms with Gasteiger partial charge in [-0.2, -0.15) is 32.9 Å². The lowest BCUT2D eigenvalue weighted by Gasteiger charge is -2.27. The van der Waals surface area contributed by atoms with Crippen LogP contribution in [0.5, 0.6) is 0 Å². The number of carbonyl (C=O) groups excluding carboxylic acids is 2. The number of anilines is 1. The monoisotopic (exact) mass is 708 g/mol. The Balaban J connectivity index is 1.61. The second-order valence-corrected chi connectivity index (χ2v) is 12.8. The normalized spacial score (nSPS) is 16.4. The van der Waals surface area contributed by atoms with Crippen LogP contribution in [0.1, 0.15) is 63.6 Å². The Morgan fingerprint density at radius 3 is 2.44 bits per heavy atom. The van der Waals surface area contributed by atoms with Crippen molar-refractivity contribution in [2.75, 3.05) is 4.90 Å². The van der Waals surface area contributed by atoms with Crippen LogP contribution in [0.25, 0.3) is 17.3 Å². The van der Waals surface area contributed by atoms with Gasteiger partial charge >= 0.3 is 12.3 Å². The van der Waals surface area contributed by atoms with Gasteiger partial charge in [0.2, 0.25) is 17.7 Å². The van der Waals surface area contributed by atoms with Crippen LogP contribution in [-0.2, 0) is 33.6 Å². The highest BCUT2D eigenvalue weighted by Crippen LogP contribution is 2.45. The molecule has 5 rings (SSSR count). The number of ether oxygens (including phenoxy) is 1. The first kappa shape index (κ1) is 35.8. The summed E-state index contributed by atoms with van der Waals surface area (Å²) in [6, 6.07) is 3.31. The van der Waals surface area contributed by atoms with Gasteiger partial charge in [-0.3, -0.25) is 4.79 Å². The molecule has 0 saturated heterocycles. The van der Waals surface area contributed by atoms with Gasteiger partial charge in [0.05, 0.1) is 35.6 Å². The predicted octanol–water partition coefficient (Wildman–Crippen LogP) is 6.34. The molecule has 3 aromatic heterocycles. The second kappa shape index (κ2) is 12.4. The number of amides is 2. The van der Waals surface area contributed by atoms with Crippen LogP contribution in [0.3, 0.4) is 0 Å². The van der Waals surface area contributed by atoms with E-state index in [1.54, 1.807) is 0 Å². The molecule has 0 radical (unpaired) electrons. The molecular weight excluding hydrogens is 681 g/mol. The number of fused-ring (bicyclic) bond motifs is 1. The topological polar surface area (TPSA) is 152 Å². The van der Waals surface area contributed by atoms with Crippen molar-refractivity contribution in [2.24, 2.45) is 0 Å². The molecule has 2 amide bonds. The molecule has 1 aliphatic rings. The maximum atomic E-state index is 15.9. The van der Waals surface area contributed by atoms with Crippen molar-refractivity contribution in [2.45, 2.75) is 76.7 Å². The number of benzene rings is 1. The lowest BCUT2D eigenvalue weighted by molar-refractivity contribution is -0.137. The number of alkyl halides is 5. The third-order valence-corrected chi connectivity index (χ3v) is 7.34. The minimum atomic E-state index is -4.74. The smallest absolute Gasteiger partial charge is 0.419 e. The summed E-state index contributed by atoms with van der Waals surface area (Å²) < 4.78 is 113. The van der Waals surface area contributed by atoms with Gasteiger partial charge in [0.15, 0.2) is 5.82 Å². The van der Waals surface area contributed by atoms with Gasteiger partial charge in [0.25, 0.3) is 11.8 Å². The number of hydrogen-bond donors (Lipinski definition) is 1. The first-order valence-electron chi connectivity index (χ1n) is 14.7. The fourth-order valence-electron chi connectivity index (χ4n) is 4.82. The third kappa shape index (κ3) is 7.23. The van der Waals surface area contributed by atoms with Gasteiger partial charge in [-0.25, -0.2) is 22.6 Å². The minimum absolute atomic E-state index is 0.225.